The first-order chi connectivity index (χ1) is 19.4. The SMILES string of the molecule is COc1ccc(Nc2cc(C)nc(Nc3ccc(NC(=O)[C@H]4CC(=O)N(c5cccc(OC)c5)C4)cc3)n2)cc1. The maximum absolute atomic E-state index is 12.9. The molecular weight excluding hydrogens is 508 g/mol. The number of nitrogens with zero attached hydrogens (tertiary/aromatic N) is 3. The molecule has 0 unspecified atom stereocenters. The number of hydrogen-bond acceptors (Lipinski definition) is 8. The van der Waals surface area contributed by atoms with Crippen LogP contribution in [-0.4, -0.2) is 42.5 Å². The van der Waals surface area contributed by atoms with E-state index in [0.717, 1.165) is 28.5 Å². The van der Waals surface area contributed by atoms with Crippen LogP contribution in [0.3, 0.4) is 0 Å². The third-order valence-electron chi connectivity index (χ3n) is 6.49. The van der Waals surface area contributed by atoms with Crippen LogP contribution in [-0.2, 0) is 9.59 Å². The number of anilines is 6. The molecule has 0 saturated carbocycles. The summed E-state index contributed by atoms with van der Waals surface area (Å²) >= 11 is 0. The molecule has 0 bridgehead atoms. The van der Waals surface area contributed by atoms with Crippen LogP contribution < -0.4 is 30.3 Å². The normalized spacial score (nSPS) is 14.5. The molecule has 0 radical (unpaired) electrons. The number of carbonyl (C=O) groups excluding carboxylic acids is 2. The van der Waals surface area contributed by atoms with Crippen molar-refractivity contribution in [3.63, 3.8) is 0 Å². The zero-order valence-corrected chi connectivity index (χ0v) is 22.5. The fourth-order valence-corrected chi connectivity index (χ4v) is 4.43. The van der Waals surface area contributed by atoms with E-state index in [2.05, 4.69) is 25.9 Å². The van der Waals surface area contributed by atoms with E-state index in [1.807, 2.05) is 67.6 Å². The average molecular weight is 539 g/mol. The zero-order chi connectivity index (χ0) is 28.1. The van der Waals surface area contributed by atoms with Crippen molar-refractivity contribution >= 4 is 46.3 Å². The molecule has 4 aromatic rings. The highest BCUT2D eigenvalue weighted by Gasteiger charge is 2.35. The van der Waals surface area contributed by atoms with Gasteiger partial charge in [-0.3, -0.25) is 9.59 Å². The fourth-order valence-electron chi connectivity index (χ4n) is 4.43. The highest BCUT2D eigenvalue weighted by atomic mass is 16.5. The third kappa shape index (κ3) is 6.29. The van der Waals surface area contributed by atoms with Gasteiger partial charge in [0, 0.05) is 53.5 Å². The molecule has 40 heavy (non-hydrogen) atoms. The number of carbonyl (C=O) groups is 2. The van der Waals surface area contributed by atoms with Gasteiger partial charge in [-0.1, -0.05) is 6.07 Å². The average Bonchev–Trinajstić information content (AvgIpc) is 3.36. The highest BCUT2D eigenvalue weighted by Crippen LogP contribution is 2.29. The van der Waals surface area contributed by atoms with E-state index in [4.69, 9.17) is 9.47 Å². The third-order valence-corrected chi connectivity index (χ3v) is 6.49. The largest absolute Gasteiger partial charge is 0.497 e. The van der Waals surface area contributed by atoms with Gasteiger partial charge in [-0.25, -0.2) is 4.98 Å². The molecule has 3 N–H and O–H groups in total. The number of aromatic nitrogens is 2. The van der Waals surface area contributed by atoms with E-state index in [9.17, 15) is 9.59 Å². The molecule has 10 nitrogen and oxygen atoms in total. The number of nitrogens with one attached hydrogen (secondary N) is 3. The van der Waals surface area contributed by atoms with Gasteiger partial charge in [-0.2, -0.15) is 4.98 Å². The van der Waals surface area contributed by atoms with E-state index in [1.54, 1.807) is 37.3 Å². The summed E-state index contributed by atoms with van der Waals surface area (Å²) in [7, 11) is 3.21. The minimum atomic E-state index is -0.450. The summed E-state index contributed by atoms with van der Waals surface area (Å²) in [6.07, 6.45) is 0.153. The first-order valence-corrected chi connectivity index (χ1v) is 12.8. The van der Waals surface area contributed by atoms with Gasteiger partial charge < -0.3 is 30.3 Å². The van der Waals surface area contributed by atoms with Gasteiger partial charge in [-0.05, 0) is 67.6 Å². The van der Waals surface area contributed by atoms with E-state index in [-0.39, 0.29) is 18.2 Å². The van der Waals surface area contributed by atoms with Crippen LogP contribution in [0.25, 0.3) is 0 Å². The molecule has 1 saturated heterocycles. The Labute approximate surface area is 232 Å². The topological polar surface area (TPSA) is 118 Å². The summed E-state index contributed by atoms with van der Waals surface area (Å²) in [6, 6.07) is 23.9. The van der Waals surface area contributed by atoms with E-state index in [0.29, 0.717) is 29.7 Å². The molecular formula is C30H30N6O4. The molecule has 2 amide bonds. The molecule has 1 aliphatic heterocycles. The van der Waals surface area contributed by atoms with Crippen molar-refractivity contribution in [2.75, 3.05) is 41.6 Å². The van der Waals surface area contributed by atoms with Crippen molar-refractivity contribution in [1.29, 1.82) is 0 Å². The molecule has 2 heterocycles. The highest BCUT2D eigenvalue weighted by molar-refractivity contribution is 6.03. The molecule has 1 aliphatic rings. The number of methoxy groups -OCH3 is 2. The Balaban J connectivity index is 1.19. The minimum Gasteiger partial charge on any atom is -0.497 e. The van der Waals surface area contributed by atoms with E-state index < -0.39 is 5.92 Å². The van der Waals surface area contributed by atoms with Gasteiger partial charge in [0.1, 0.15) is 17.3 Å². The molecule has 1 atom stereocenters. The predicted molar refractivity (Wildman–Crippen MR) is 155 cm³/mol. The van der Waals surface area contributed by atoms with Crippen LogP contribution in [0.4, 0.5) is 34.5 Å². The van der Waals surface area contributed by atoms with E-state index in [1.165, 1.54) is 0 Å². The zero-order valence-electron chi connectivity index (χ0n) is 22.5. The fraction of sp³-hybridized carbons (Fsp3) is 0.200. The summed E-state index contributed by atoms with van der Waals surface area (Å²) in [4.78, 5) is 36.2. The lowest BCUT2D eigenvalue weighted by Crippen LogP contribution is -2.28. The monoisotopic (exact) mass is 538 g/mol. The van der Waals surface area contributed by atoms with Crippen molar-refractivity contribution in [2.24, 2.45) is 5.92 Å². The lowest BCUT2D eigenvalue weighted by molar-refractivity contribution is -0.122. The Morgan fingerprint density at radius 2 is 1.52 bits per heavy atom. The number of hydrogen-bond donors (Lipinski definition) is 3. The van der Waals surface area contributed by atoms with Crippen LogP contribution >= 0.6 is 0 Å². The van der Waals surface area contributed by atoms with Crippen LogP contribution in [0, 0.1) is 12.8 Å². The Morgan fingerprint density at radius 3 is 2.25 bits per heavy atom. The van der Waals surface area contributed by atoms with Gasteiger partial charge in [0.2, 0.25) is 17.8 Å². The summed E-state index contributed by atoms with van der Waals surface area (Å²) in [5.74, 6) is 1.79. The second kappa shape index (κ2) is 11.7. The number of amides is 2. The van der Waals surface area contributed by atoms with Crippen molar-refractivity contribution in [1.82, 2.24) is 9.97 Å². The van der Waals surface area contributed by atoms with Gasteiger partial charge in [0.25, 0.3) is 0 Å². The van der Waals surface area contributed by atoms with Crippen LogP contribution in [0.5, 0.6) is 11.5 Å². The lowest BCUT2D eigenvalue weighted by Gasteiger charge is -2.17. The lowest BCUT2D eigenvalue weighted by atomic mass is 10.1. The molecule has 5 rings (SSSR count). The summed E-state index contributed by atoms with van der Waals surface area (Å²) in [6.45, 7) is 2.21. The standard InChI is InChI=1S/C30H30N6O4/c1-19-15-27(32-21-11-13-25(39-2)14-12-21)35-30(31-19)34-23-9-7-22(8-10-23)33-29(38)20-16-28(37)36(18-20)24-5-4-6-26(17-24)40-3/h4-15,17,20H,16,18H2,1-3H3,(H,33,38)(H2,31,32,34,35)/t20-/m0/s1. The second-order valence-electron chi connectivity index (χ2n) is 9.37. The molecule has 0 aliphatic carbocycles. The number of rotatable bonds is 9. The Kier molecular flexibility index (Phi) is 7.77. The van der Waals surface area contributed by atoms with E-state index >= 15 is 0 Å². The molecule has 1 fully saturated rings. The van der Waals surface area contributed by atoms with Gasteiger partial charge in [0.15, 0.2) is 0 Å². The van der Waals surface area contributed by atoms with Crippen molar-refractivity contribution in [2.45, 2.75) is 13.3 Å². The summed E-state index contributed by atoms with van der Waals surface area (Å²) < 4.78 is 10.5. The van der Waals surface area contributed by atoms with Gasteiger partial charge in [0.05, 0.1) is 20.1 Å². The first kappa shape index (κ1) is 26.5. The Bertz CT molecular complexity index is 1510. The molecule has 10 heteroatoms. The maximum Gasteiger partial charge on any atom is 0.229 e. The molecule has 204 valence electrons. The molecule has 1 aromatic heterocycles. The minimum absolute atomic E-state index is 0.0908. The molecule has 3 aromatic carbocycles. The summed E-state index contributed by atoms with van der Waals surface area (Å²) in [5.41, 5.74) is 3.79. The van der Waals surface area contributed by atoms with Gasteiger partial charge >= 0.3 is 0 Å². The molecule has 0 spiro atoms. The van der Waals surface area contributed by atoms with Crippen molar-refractivity contribution in [3.05, 3.63) is 84.6 Å². The number of ether oxygens (including phenoxy) is 2. The van der Waals surface area contributed by atoms with Crippen LogP contribution in [0.1, 0.15) is 12.1 Å². The maximum atomic E-state index is 12.9. The number of benzene rings is 3. The Hall–Kier alpha value is -5.12. The van der Waals surface area contributed by atoms with Crippen LogP contribution in [0.2, 0.25) is 0 Å². The predicted octanol–water partition coefficient (Wildman–Crippen LogP) is 5.28. The quantitative estimate of drug-likeness (QED) is 0.263. The van der Waals surface area contributed by atoms with Gasteiger partial charge in [-0.15, -0.1) is 0 Å². The summed E-state index contributed by atoms with van der Waals surface area (Å²) in [5, 5.41) is 9.40. The second-order valence-corrected chi connectivity index (χ2v) is 9.37. The van der Waals surface area contributed by atoms with Crippen LogP contribution in [0.15, 0.2) is 78.9 Å². The van der Waals surface area contributed by atoms with Crippen molar-refractivity contribution in [3.8, 4) is 11.5 Å². The smallest absolute Gasteiger partial charge is 0.229 e. The van der Waals surface area contributed by atoms with Crippen molar-refractivity contribution < 1.29 is 19.1 Å². The first-order valence-electron chi connectivity index (χ1n) is 12.8. The Morgan fingerprint density at radius 1 is 0.850 bits per heavy atom. The number of aryl methyl sites for hydroxylation is 1.